The van der Waals surface area contributed by atoms with Crippen LogP contribution in [0.15, 0.2) is 18.2 Å². The molecule has 0 heterocycles. The maximum atomic E-state index is 12.2. The van der Waals surface area contributed by atoms with Crippen molar-refractivity contribution < 1.29 is 15.0 Å². The number of halogens is 1. The molecule has 2 N–H and O–H groups in total. The van der Waals surface area contributed by atoms with Gasteiger partial charge in [0.1, 0.15) is 0 Å². The third-order valence-electron chi connectivity index (χ3n) is 5.46. The summed E-state index contributed by atoms with van der Waals surface area (Å²) in [6, 6.07) is 5.62. The molecule has 0 aliphatic heterocycles. The van der Waals surface area contributed by atoms with E-state index in [1.54, 1.807) is 6.07 Å². The third-order valence-corrected chi connectivity index (χ3v) is 5.46. The number of carboxylic acid groups (broad SMARTS) is 1. The van der Waals surface area contributed by atoms with Gasteiger partial charge < -0.3 is 15.1 Å². The molecule has 27 heavy (non-hydrogen) atoms. The summed E-state index contributed by atoms with van der Waals surface area (Å²) in [7, 11) is 0. The smallest absolute Gasteiger partial charge is 0.340 e. The maximum absolute atomic E-state index is 12.2. The van der Waals surface area contributed by atoms with Crippen LogP contribution in [0.25, 0.3) is 0 Å². The molecule has 0 radical (unpaired) electrons. The van der Waals surface area contributed by atoms with Crippen LogP contribution in [-0.2, 0) is 10.4 Å². The number of hydrogen-bond donors (Lipinski definition) is 2. The quantitative estimate of drug-likeness (QED) is 0.695. The van der Waals surface area contributed by atoms with Gasteiger partial charge in [-0.1, -0.05) is 44.1 Å². The fraction of sp³-hybridized carbons (Fsp3) is 0.591. The van der Waals surface area contributed by atoms with Gasteiger partial charge in [0.2, 0.25) is 0 Å². The Labute approximate surface area is 169 Å². The van der Waals surface area contributed by atoms with Crippen LogP contribution >= 0.6 is 12.4 Å². The Kier molecular flexibility index (Phi) is 9.15. The lowest BCUT2D eigenvalue weighted by Gasteiger charge is -2.36. The van der Waals surface area contributed by atoms with E-state index in [1.165, 1.54) is 0 Å². The zero-order valence-electron chi connectivity index (χ0n) is 16.6. The van der Waals surface area contributed by atoms with Gasteiger partial charge >= 0.3 is 5.97 Å². The lowest BCUT2D eigenvalue weighted by molar-refractivity contribution is -0.168. The molecule has 1 atom stereocenters. The van der Waals surface area contributed by atoms with Crippen LogP contribution in [0.2, 0.25) is 0 Å². The maximum Gasteiger partial charge on any atom is 0.340 e. The van der Waals surface area contributed by atoms with Gasteiger partial charge in [-0.3, -0.25) is 0 Å². The van der Waals surface area contributed by atoms with Crippen molar-refractivity contribution in [2.75, 3.05) is 18.0 Å². The first-order valence-electron chi connectivity index (χ1n) is 9.83. The highest BCUT2D eigenvalue weighted by atomic mass is 35.5. The van der Waals surface area contributed by atoms with Crippen LogP contribution < -0.4 is 4.90 Å². The number of nitrogens with zero attached hydrogens (tertiary/aromatic N) is 1. The minimum atomic E-state index is -1.88. The predicted molar refractivity (Wildman–Crippen MR) is 113 cm³/mol. The van der Waals surface area contributed by atoms with Crippen molar-refractivity contribution in [1.82, 2.24) is 0 Å². The van der Waals surface area contributed by atoms with Gasteiger partial charge in [0.25, 0.3) is 0 Å². The van der Waals surface area contributed by atoms with Gasteiger partial charge in [0.05, 0.1) is 0 Å². The predicted octanol–water partition coefficient (Wildman–Crippen LogP) is 4.57. The molecule has 5 heteroatoms. The summed E-state index contributed by atoms with van der Waals surface area (Å²) in [5.41, 5.74) is 0.205. The van der Waals surface area contributed by atoms with Crippen LogP contribution in [0.1, 0.15) is 70.4 Å². The second kappa shape index (κ2) is 10.6. The average molecular weight is 394 g/mol. The number of carboxylic acids is 1. The lowest BCUT2D eigenvalue weighted by atomic mass is 9.72. The Balaban J connectivity index is 0.00000364. The van der Waals surface area contributed by atoms with E-state index in [1.807, 2.05) is 19.1 Å². The summed E-state index contributed by atoms with van der Waals surface area (Å²) in [4.78, 5) is 14.4. The molecular formula is C22H32ClNO3. The number of rotatable bonds is 6. The van der Waals surface area contributed by atoms with E-state index in [-0.39, 0.29) is 18.3 Å². The second-order valence-corrected chi connectivity index (χ2v) is 6.96. The van der Waals surface area contributed by atoms with E-state index >= 15 is 0 Å². The molecule has 0 bridgehead atoms. The summed E-state index contributed by atoms with van der Waals surface area (Å²) in [5.74, 6) is 4.72. The van der Waals surface area contributed by atoms with Crippen molar-refractivity contribution in [3.05, 3.63) is 29.3 Å². The molecule has 1 aliphatic rings. The van der Waals surface area contributed by atoms with Gasteiger partial charge in [-0.15, -0.1) is 12.4 Å². The Hall–Kier alpha value is -1.70. The molecule has 4 nitrogen and oxygen atoms in total. The highest BCUT2D eigenvalue weighted by molar-refractivity contribution is 5.85. The molecule has 0 aromatic heterocycles. The van der Waals surface area contributed by atoms with E-state index in [0.717, 1.165) is 50.9 Å². The Morgan fingerprint density at radius 1 is 1.19 bits per heavy atom. The average Bonchev–Trinajstić information content (AvgIpc) is 2.67. The largest absolute Gasteiger partial charge is 0.479 e. The molecule has 1 saturated carbocycles. The first-order chi connectivity index (χ1) is 12.5. The number of aliphatic carboxylic acids is 1. The van der Waals surface area contributed by atoms with Gasteiger partial charge in [-0.05, 0) is 38.8 Å². The summed E-state index contributed by atoms with van der Waals surface area (Å²) >= 11 is 0. The molecule has 0 spiro atoms. The standard InChI is InChI=1S/C22H31NO3.ClH/c1-4-7-11-17-16-19(23(5-2)6-3)14-15-20(17)22(26,21(24)25)18-12-9-8-10-13-18;/h14-16,18,26H,4-6,8-10,12-13H2,1-3H3,(H,24,25);1H. The number of hydrogen-bond acceptors (Lipinski definition) is 3. The second-order valence-electron chi connectivity index (χ2n) is 6.96. The number of benzene rings is 1. The van der Waals surface area contributed by atoms with Crippen molar-refractivity contribution in [3.63, 3.8) is 0 Å². The molecule has 1 aromatic rings. The molecule has 1 unspecified atom stereocenters. The van der Waals surface area contributed by atoms with Gasteiger partial charge in [0.15, 0.2) is 5.60 Å². The summed E-state index contributed by atoms with van der Waals surface area (Å²) in [5, 5.41) is 21.3. The minimum absolute atomic E-state index is 0. The van der Waals surface area contributed by atoms with Gasteiger partial charge in [-0.25, -0.2) is 4.79 Å². The van der Waals surface area contributed by atoms with Crippen molar-refractivity contribution in [3.8, 4) is 11.8 Å². The molecule has 2 rings (SSSR count). The minimum Gasteiger partial charge on any atom is -0.479 e. The van der Waals surface area contributed by atoms with Crippen molar-refractivity contribution >= 4 is 24.1 Å². The summed E-state index contributed by atoms with van der Waals surface area (Å²) in [6.45, 7) is 7.87. The first-order valence-corrected chi connectivity index (χ1v) is 9.83. The van der Waals surface area contributed by atoms with Gasteiger partial charge in [-0.2, -0.15) is 0 Å². The molecule has 0 saturated heterocycles. The van der Waals surface area contributed by atoms with Crippen molar-refractivity contribution in [2.45, 2.75) is 64.9 Å². The summed E-state index contributed by atoms with van der Waals surface area (Å²) < 4.78 is 0. The van der Waals surface area contributed by atoms with Crippen LogP contribution in [0.3, 0.4) is 0 Å². The summed E-state index contributed by atoms with van der Waals surface area (Å²) in [6.07, 6.45) is 5.20. The van der Waals surface area contributed by atoms with E-state index < -0.39 is 11.6 Å². The van der Waals surface area contributed by atoms with E-state index in [9.17, 15) is 15.0 Å². The molecule has 1 aromatic carbocycles. The van der Waals surface area contributed by atoms with Crippen LogP contribution in [0.4, 0.5) is 5.69 Å². The zero-order chi connectivity index (χ0) is 19.2. The Morgan fingerprint density at radius 2 is 1.81 bits per heavy atom. The highest BCUT2D eigenvalue weighted by Gasteiger charge is 2.47. The van der Waals surface area contributed by atoms with E-state index in [2.05, 4.69) is 30.6 Å². The zero-order valence-corrected chi connectivity index (χ0v) is 17.4. The van der Waals surface area contributed by atoms with Crippen LogP contribution in [-0.4, -0.2) is 29.3 Å². The fourth-order valence-electron chi connectivity index (χ4n) is 3.97. The van der Waals surface area contributed by atoms with Crippen molar-refractivity contribution in [1.29, 1.82) is 0 Å². The normalized spacial score (nSPS) is 16.4. The number of aliphatic hydroxyl groups is 1. The van der Waals surface area contributed by atoms with Crippen LogP contribution in [0.5, 0.6) is 0 Å². The molecule has 150 valence electrons. The molecular weight excluding hydrogens is 362 g/mol. The first kappa shape index (κ1) is 23.3. The number of carbonyl (C=O) groups is 1. The molecule has 0 amide bonds. The van der Waals surface area contributed by atoms with Crippen LogP contribution in [0, 0.1) is 17.8 Å². The third kappa shape index (κ3) is 4.97. The van der Waals surface area contributed by atoms with Gasteiger partial charge in [0, 0.05) is 42.2 Å². The fourth-order valence-corrected chi connectivity index (χ4v) is 3.97. The van der Waals surface area contributed by atoms with Crippen molar-refractivity contribution in [2.24, 2.45) is 5.92 Å². The SMILES string of the molecule is CCC#Cc1cc(N(CC)CC)ccc1C(O)(C(=O)O)C1CCCCC1.Cl. The Bertz CT molecular complexity index is 685. The Morgan fingerprint density at radius 3 is 2.33 bits per heavy atom. The highest BCUT2D eigenvalue weighted by Crippen LogP contribution is 2.41. The monoisotopic (exact) mass is 393 g/mol. The lowest BCUT2D eigenvalue weighted by Crippen LogP contribution is -2.44. The molecule has 1 fully saturated rings. The molecule has 1 aliphatic carbocycles. The topological polar surface area (TPSA) is 60.8 Å². The van der Waals surface area contributed by atoms with E-state index in [0.29, 0.717) is 17.5 Å². The number of anilines is 1. The van der Waals surface area contributed by atoms with E-state index in [4.69, 9.17) is 0 Å².